The van der Waals surface area contributed by atoms with Crippen LogP contribution >= 0.6 is 0 Å². The molecule has 0 saturated heterocycles. The van der Waals surface area contributed by atoms with Gasteiger partial charge in [-0.05, 0) is 30.0 Å². The third-order valence-corrected chi connectivity index (χ3v) is 2.69. The van der Waals surface area contributed by atoms with E-state index in [0.29, 0.717) is 12.5 Å². The molecule has 1 aromatic rings. The van der Waals surface area contributed by atoms with E-state index in [-0.39, 0.29) is 6.61 Å². The Hall–Kier alpha value is -1.30. The van der Waals surface area contributed by atoms with Gasteiger partial charge in [0.15, 0.2) is 0 Å². The molecule has 1 rings (SSSR count). The molecule has 0 aromatic heterocycles. The molecule has 0 radical (unpaired) electrons. The van der Waals surface area contributed by atoms with Crippen molar-refractivity contribution in [3.63, 3.8) is 0 Å². The van der Waals surface area contributed by atoms with Gasteiger partial charge in [0.25, 0.3) is 0 Å². The molecule has 0 aliphatic rings. The van der Waals surface area contributed by atoms with Crippen LogP contribution in [0.15, 0.2) is 24.3 Å². The second-order valence-corrected chi connectivity index (χ2v) is 4.57. The van der Waals surface area contributed by atoms with Crippen molar-refractivity contribution in [1.29, 1.82) is 0 Å². The minimum Gasteiger partial charge on any atom is -0.384 e. The molecule has 2 nitrogen and oxygen atoms in total. The van der Waals surface area contributed by atoms with Gasteiger partial charge in [-0.15, -0.1) is 0 Å². The van der Waals surface area contributed by atoms with Crippen LogP contribution in [0, 0.1) is 17.8 Å². The summed E-state index contributed by atoms with van der Waals surface area (Å²) in [5.41, 5.74) is 2.05. The number of hydrogen-bond donors (Lipinski definition) is 1. The highest BCUT2D eigenvalue weighted by Crippen LogP contribution is 2.09. The van der Waals surface area contributed by atoms with Crippen LogP contribution in [0.25, 0.3) is 0 Å². The Balaban J connectivity index is 2.42. The number of rotatable bonds is 6. The number of ether oxygens (including phenoxy) is 1. The molecule has 0 fully saturated rings. The maximum absolute atomic E-state index is 8.65. The van der Waals surface area contributed by atoms with Crippen molar-refractivity contribution in [2.75, 3.05) is 13.2 Å². The van der Waals surface area contributed by atoms with E-state index in [1.54, 1.807) is 0 Å². The van der Waals surface area contributed by atoms with Gasteiger partial charge in [-0.1, -0.05) is 44.2 Å². The molecule has 0 heterocycles. The molecule has 0 spiro atoms. The molecule has 1 N–H and O–H groups in total. The van der Waals surface area contributed by atoms with Gasteiger partial charge in [0.1, 0.15) is 6.61 Å². The van der Waals surface area contributed by atoms with Crippen molar-refractivity contribution in [2.24, 2.45) is 5.92 Å². The van der Waals surface area contributed by atoms with Gasteiger partial charge in [0, 0.05) is 12.2 Å². The first kappa shape index (κ1) is 14.8. The third kappa shape index (κ3) is 5.86. The van der Waals surface area contributed by atoms with Gasteiger partial charge < -0.3 is 9.84 Å². The second kappa shape index (κ2) is 8.74. The van der Waals surface area contributed by atoms with E-state index in [1.807, 2.05) is 24.3 Å². The molecule has 0 amide bonds. The summed E-state index contributed by atoms with van der Waals surface area (Å²) in [5, 5.41) is 8.65. The van der Waals surface area contributed by atoms with E-state index in [0.717, 1.165) is 17.7 Å². The Bertz CT molecular complexity index is 401. The summed E-state index contributed by atoms with van der Waals surface area (Å²) < 4.78 is 5.70. The van der Waals surface area contributed by atoms with E-state index in [4.69, 9.17) is 9.84 Å². The van der Waals surface area contributed by atoms with Crippen LogP contribution in [0.2, 0.25) is 0 Å². The molecule has 1 atom stereocenters. The van der Waals surface area contributed by atoms with Crippen LogP contribution in [-0.4, -0.2) is 18.3 Å². The molecule has 98 valence electrons. The first-order valence-corrected chi connectivity index (χ1v) is 6.52. The second-order valence-electron chi connectivity index (χ2n) is 4.57. The highest BCUT2D eigenvalue weighted by molar-refractivity contribution is 5.36. The maximum Gasteiger partial charge on any atom is 0.104 e. The van der Waals surface area contributed by atoms with Crippen molar-refractivity contribution >= 4 is 0 Å². The Morgan fingerprint density at radius 1 is 1.39 bits per heavy atom. The summed E-state index contributed by atoms with van der Waals surface area (Å²) in [5.74, 6) is 6.16. The zero-order valence-corrected chi connectivity index (χ0v) is 11.3. The lowest BCUT2D eigenvalue weighted by Gasteiger charge is -2.10. The van der Waals surface area contributed by atoms with Crippen LogP contribution < -0.4 is 0 Å². The van der Waals surface area contributed by atoms with Crippen molar-refractivity contribution in [1.82, 2.24) is 0 Å². The monoisotopic (exact) mass is 246 g/mol. The highest BCUT2D eigenvalue weighted by atomic mass is 16.5. The van der Waals surface area contributed by atoms with Crippen molar-refractivity contribution in [2.45, 2.75) is 33.3 Å². The zero-order valence-electron chi connectivity index (χ0n) is 11.3. The molecule has 18 heavy (non-hydrogen) atoms. The van der Waals surface area contributed by atoms with Crippen molar-refractivity contribution in [3.05, 3.63) is 35.4 Å². The van der Waals surface area contributed by atoms with Crippen LogP contribution in [-0.2, 0) is 11.3 Å². The van der Waals surface area contributed by atoms with Crippen LogP contribution in [0.4, 0.5) is 0 Å². The standard InChI is InChI=1S/C16H22O2/c1-3-6-14(2)12-18-13-16-8-4-7-15(11-16)9-5-10-17/h4,7-8,11,14,17H,3,6,10,12-13H2,1-2H3. The van der Waals surface area contributed by atoms with E-state index in [1.165, 1.54) is 12.8 Å². The zero-order chi connectivity index (χ0) is 13.2. The van der Waals surface area contributed by atoms with Gasteiger partial charge in [-0.3, -0.25) is 0 Å². The smallest absolute Gasteiger partial charge is 0.104 e. The van der Waals surface area contributed by atoms with E-state index in [2.05, 4.69) is 25.7 Å². The SMILES string of the molecule is CCCC(C)COCc1cccc(C#CCO)c1. The Labute approximate surface area is 110 Å². The van der Waals surface area contributed by atoms with Gasteiger partial charge in [0.05, 0.1) is 6.61 Å². The number of benzene rings is 1. The van der Waals surface area contributed by atoms with Crippen LogP contribution in [0.5, 0.6) is 0 Å². The summed E-state index contributed by atoms with van der Waals surface area (Å²) in [6.45, 7) is 5.74. The molecule has 1 unspecified atom stereocenters. The molecule has 0 saturated carbocycles. The number of hydrogen-bond acceptors (Lipinski definition) is 2. The summed E-state index contributed by atoms with van der Waals surface area (Å²) in [6.07, 6.45) is 2.42. The summed E-state index contributed by atoms with van der Waals surface area (Å²) >= 11 is 0. The van der Waals surface area contributed by atoms with Gasteiger partial charge in [-0.2, -0.15) is 0 Å². The lowest BCUT2D eigenvalue weighted by Crippen LogP contribution is -2.05. The fourth-order valence-corrected chi connectivity index (χ4v) is 1.83. The lowest BCUT2D eigenvalue weighted by atomic mass is 10.1. The first-order valence-electron chi connectivity index (χ1n) is 6.52. The summed E-state index contributed by atoms with van der Waals surface area (Å²) in [6, 6.07) is 7.95. The van der Waals surface area contributed by atoms with Crippen LogP contribution in [0.3, 0.4) is 0 Å². The molecular weight excluding hydrogens is 224 g/mol. The lowest BCUT2D eigenvalue weighted by molar-refractivity contribution is 0.0893. The normalized spacial score (nSPS) is 11.7. The summed E-state index contributed by atoms with van der Waals surface area (Å²) in [4.78, 5) is 0. The Morgan fingerprint density at radius 3 is 2.94 bits per heavy atom. The van der Waals surface area contributed by atoms with Crippen molar-refractivity contribution in [3.8, 4) is 11.8 Å². The third-order valence-electron chi connectivity index (χ3n) is 2.69. The van der Waals surface area contributed by atoms with E-state index in [9.17, 15) is 0 Å². The quantitative estimate of drug-likeness (QED) is 0.782. The first-order chi connectivity index (χ1) is 8.76. The fourth-order valence-electron chi connectivity index (χ4n) is 1.83. The van der Waals surface area contributed by atoms with Gasteiger partial charge in [-0.25, -0.2) is 0 Å². The number of aliphatic hydroxyl groups excluding tert-OH is 1. The Kier molecular flexibility index (Phi) is 7.17. The van der Waals surface area contributed by atoms with Gasteiger partial charge in [0.2, 0.25) is 0 Å². The minimum atomic E-state index is -0.102. The maximum atomic E-state index is 8.65. The van der Waals surface area contributed by atoms with Crippen molar-refractivity contribution < 1.29 is 9.84 Å². The fraction of sp³-hybridized carbons (Fsp3) is 0.500. The average molecular weight is 246 g/mol. The van der Waals surface area contributed by atoms with Gasteiger partial charge >= 0.3 is 0 Å². The topological polar surface area (TPSA) is 29.5 Å². The predicted molar refractivity (Wildman–Crippen MR) is 74.1 cm³/mol. The largest absolute Gasteiger partial charge is 0.384 e. The molecular formula is C16H22O2. The molecule has 2 heteroatoms. The summed E-state index contributed by atoms with van der Waals surface area (Å²) in [7, 11) is 0. The molecule has 0 bridgehead atoms. The highest BCUT2D eigenvalue weighted by Gasteiger charge is 2.01. The minimum absolute atomic E-state index is 0.102. The average Bonchev–Trinajstić information content (AvgIpc) is 2.37. The van der Waals surface area contributed by atoms with E-state index >= 15 is 0 Å². The predicted octanol–water partition coefficient (Wildman–Crippen LogP) is 2.98. The van der Waals surface area contributed by atoms with E-state index < -0.39 is 0 Å². The molecule has 0 aliphatic heterocycles. The Morgan fingerprint density at radius 2 is 2.22 bits per heavy atom. The molecule has 0 aliphatic carbocycles. The molecule has 1 aromatic carbocycles. The number of aliphatic hydroxyl groups is 1. The van der Waals surface area contributed by atoms with Crippen LogP contribution in [0.1, 0.15) is 37.8 Å².